The molecule has 2 aromatic carbocycles. The predicted molar refractivity (Wildman–Crippen MR) is 82.9 cm³/mol. The van der Waals surface area contributed by atoms with Crippen LogP contribution in [0.3, 0.4) is 0 Å². The van der Waals surface area contributed by atoms with Gasteiger partial charge in [0.25, 0.3) is 0 Å². The van der Waals surface area contributed by atoms with Crippen molar-refractivity contribution in [2.45, 2.75) is 13.0 Å². The van der Waals surface area contributed by atoms with Gasteiger partial charge in [-0.2, -0.15) is 0 Å². The third-order valence-electron chi connectivity index (χ3n) is 3.53. The van der Waals surface area contributed by atoms with Gasteiger partial charge in [-0.05, 0) is 25.1 Å². The van der Waals surface area contributed by atoms with Gasteiger partial charge in [-0.25, -0.2) is 0 Å². The fourth-order valence-electron chi connectivity index (χ4n) is 2.30. The molecule has 6 nitrogen and oxygen atoms in total. The summed E-state index contributed by atoms with van der Waals surface area (Å²) in [6.45, 7) is 2.69. The van der Waals surface area contributed by atoms with Crippen molar-refractivity contribution in [2.75, 3.05) is 13.2 Å². The second-order valence-corrected chi connectivity index (χ2v) is 5.37. The highest BCUT2D eigenvalue weighted by atomic mass is 16.6. The van der Waals surface area contributed by atoms with Crippen LogP contribution in [-0.2, 0) is 4.74 Å². The predicted octanol–water partition coefficient (Wildman–Crippen LogP) is 2.91. The standard InChI is InChI=1S/C17H15NO5/c1-11-4-2-5-12(8-11)17(19)14-6-3-7-15(16(14)18(20)21)23-10-13-9-22-13/h2-8,13H,9-10H2,1H3. The van der Waals surface area contributed by atoms with E-state index in [1.807, 2.05) is 13.0 Å². The number of epoxide rings is 1. The first-order valence-corrected chi connectivity index (χ1v) is 7.19. The van der Waals surface area contributed by atoms with Crippen LogP contribution in [0, 0.1) is 17.0 Å². The van der Waals surface area contributed by atoms with Gasteiger partial charge in [0.15, 0.2) is 11.5 Å². The second kappa shape index (κ2) is 6.18. The molecule has 3 rings (SSSR count). The summed E-state index contributed by atoms with van der Waals surface area (Å²) in [5.41, 5.74) is 1.04. The highest BCUT2D eigenvalue weighted by Crippen LogP contribution is 2.33. The zero-order valence-corrected chi connectivity index (χ0v) is 12.5. The van der Waals surface area contributed by atoms with Crippen molar-refractivity contribution < 1.29 is 19.2 Å². The van der Waals surface area contributed by atoms with Gasteiger partial charge in [0.05, 0.1) is 11.5 Å². The van der Waals surface area contributed by atoms with Crippen LogP contribution in [-0.4, -0.2) is 30.0 Å². The normalized spacial score (nSPS) is 16.0. The summed E-state index contributed by atoms with van der Waals surface area (Å²) in [5, 5.41) is 11.4. The van der Waals surface area contributed by atoms with Crippen LogP contribution in [0.1, 0.15) is 21.5 Å². The van der Waals surface area contributed by atoms with Gasteiger partial charge in [0.1, 0.15) is 18.3 Å². The first-order valence-electron chi connectivity index (χ1n) is 7.19. The van der Waals surface area contributed by atoms with Crippen LogP contribution in [0.5, 0.6) is 5.75 Å². The lowest BCUT2D eigenvalue weighted by Crippen LogP contribution is -2.10. The Bertz CT molecular complexity index is 767. The Morgan fingerprint density at radius 1 is 1.35 bits per heavy atom. The first kappa shape index (κ1) is 15.2. The number of nitro benzene ring substituents is 1. The molecule has 0 saturated carbocycles. The Kier molecular flexibility index (Phi) is 4.08. The number of aryl methyl sites for hydroxylation is 1. The van der Waals surface area contributed by atoms with Crippen molar-refractivity contribution in [3.05, 3.63) is 69.3 Å². The van der Waals surface area contributed by atoms with E-state index in [0.29, 0.717) is 12.2 Å². The van der Waals surface area contributed by atoms with E-state index in [4.69, 9.17) is 9.47 Å². The number of hydrogen-bond acceptors (Lipinski definition) is 5. The van der Waals surface area contributed by atoms with Gasteiger partial charge < -0.3 is 9.47 Å². The minimum absolute atomic E-state index is 0.0225. The Labute approximate surface area is 132 Å². The molecule has 0 bridgehead atoms. The minimum atomic E-state index is -0.577. The van der Waals surface area contributed by atoms with Crippen LogP contribution in [0.4, 0.5) is 5.69 Å². The molecule has 0 spiro atoms. The van der Waals surface area contributed by atoms with Crippen molar-refractivity contribution >= 4 is 11.5 Å². The molecule has 0 aliphatic carbocycles. The Morgan fingerprint density at radius 3 is 2.74 bits per heavy atom. The van der Waals surface area contributed by atoms with Crippen molar-refractivity contribution in [3.8, 4) is 5.75 Å². The molecule has 6 heteroatoms. The molecule has 1 aliphatic rings. The summed E-state index contributed by atoms with van der Waals surface area (Å²) in [5.74, 6) is -0.308. The molecule has 1 fully saturated rings. The minimum Gasteiger partial charge on any atom is -0.484 e. The van der Waals surface area contributed by atoms with Crippen LogP contribution in [0.15, 0.2) is 42.5 Å². The van der Waals surface area contributed by atoms with E-state index < -0.39 is 10.7 Å². The lowest BCUT2D eigenvalue weighted by Gasteiger charge is -2.09. The smallest absolute Gasteiger partial charge is 0.322 e. The molecule has 1 heterocycles. The van der Waals surface area contributed by atoms with Gasteiger partial charge in [-0.1, -0.05) is 29.8 Å². The largest absolute Gasteiger partial charge is 0.484 e. The number of para-hydroxylation sites is 1. The molecular formula is C17H15NO5. The zero-order valence-electron chi connectivity index (χ0n) is 12.5. The number of carbonyl (C=O) groups is 1. The van der Waals surface area contributed by atoms with E-state index in [2.05, 4.69) is 0 Å². The zero-order chi connectivity index (χ0) is 16.4. The number of nitrogens with zero attached hydrogens (tertiary/aromatic N) is 1. The van der Waals surface area contributed by atoms with Gasteiger partial charge >= 0.3 is 5.69 Å². The highest BCUT2D eigenvalue weighted by molar-refractivity contribution is 6.12. The van der Waals surface area contributed by atoms with Gasteiger partial charge in [-0.3, -0.25) is 14.9 Å². The molecule has 23 heavy (non-hydrogen) atoms. The van der Waals surface area contributed by atoms with Crippen molar-refractivity contribution in [1.29, 1.82) is 0 Å². The van der Waals surface area contributed by atoms with Crippen LogP contribution < -0.4 is 4.74 Å². The molecule has 0 N–H and O–H groups in total. The van der Waals surface area contributed by atoms with E-state index >= 15 is 0 Å². The maximum absolute atomic E-state index is 12.6. The van der Waals surface area contributed by atoms with Crippen LogP contribution >= 0.6 is 0 Å². The lowest BCUT2D eigenvalue weighted by atomic mass is 10.00. The highest BCUT2D eigenvalue weighted by Gasteiger charge is 2.29. The molecule has 1 atom stereocenters. The molecule has 1 unspecified atom stereocenters. The average molecular weight is 313 g/mol. The maximum atomic E-state index is 12.6. The summed E-state index contributed by atoms with van der Waals surface area (Å²) in [7, 11) is 0. The van der Waals surface area contributed by atoms with E-state index in [9.17, 15) is 14.9 Å². The summed E-state index contributed by atoms with van der Waals surface area (Å²) >= 11 is 0. The second-order valence-electron chi connectivity index (χ2n) is 5.37. The number of benzene rings is 2. The molecule has 0 radical (unpaired) electrons. The Morgan fingerprint density at radius 2 is 2.09 bits per heavy atom. The third kappa shape index (κ3) is 3.37. The van der Waals surface area contributed by atoms with Crippen molar-refractivity contribution in [2.24, 2.45) is 0 Å². The molecule has 0 amide bonds. The Hall–Kier alpha value is -2.73. The average Bonchev–Trinajstić information content (AvgIpc) is 3.36. The topological polar surface area (TPSA) is 82.0 Å². The molecular weight excluding hydrogens is 298 g/mol. The maximum Gasteiger partial charge on any atom is 0.322 e. The molecule has 1 saturated heterocycles. The molecule has 118 valence electrons. The fourth-order valence-corrected chi connectivity index (χ4v) is 2.30. The molecule has 1 aliphatic heterocycles. The van der Waals surface area contributed by atoms with Crippen molar-refractivity contribution in [1.82, 2.24) is 0 Å². The summed E-state index contributed by atoms with van der Waals surface area (Å²) in [4.78, 5) is 23.5. The summed E-state index contributed by atoms with van der Waals surface area (Å²) < 4.78 is 10.5. The SMILES string of the molecule is Cc1cccc(C(=O)c2cccc(OCC3CO3)c2[N+](=O)[O-])c1. The fraction of sp³-hybridized carbons (Fsp3) is 0.235. The number of carbonyl (C=O) groups excluding carboxylic acids is 1. The van der Waals surface area contributed by atoms with E-state index in [1.165, 1.54) is 12.1 Å². The number of hydrogen-bond donors (Lipinski definition) is 0. The van der Waals surface area contributed by atoms with Gasteiger partial charge in [-0.15, -0.1) is 0 Å². The van der Waals surface area contributed by atoms with E-state index in [0.717, 1.165) is 5.56 Å². The summed E-state index contributed by atoms with van der Waals surface area (Å²) in [6, 6.07) is 11.5. The van der Waals surface area contributed by atoms with E-state index in [-0.39, 0.29) is 29.7 Å². The molecule has 2 aromatic rings. The van der Waals surface area contributed by atoms with Crippen molar-refractivity contribution in [3.63, 3.8) is 0 Å². The summed E-state index contributed by atoms with van der Waals surface area (Å²) in [6.07, 6.45) is -0.0225. The van der Waals surface area contributed by atoms with E-state index in [1.54, 1.807) is 24.3 Å². The Balaban J connectivity index is 1.98. The van der Waals surface area contributed by atoms with Crippen LogP contribution in [0.2, 0.25) is 0 Å². The lowest BCUT2D eigenvalue weighted by molar-refractivity contribution is -0.386. The number of ketones is 1. The number of rotatable bonds is 6. The van der Waals surface area contributed by atoms with Gasteiger partial charge in [0, 0.05) is 5.56 Å². The van der Waals surface area contributed by atoms with Gasteiger partial charge in [0.2, 0.25) is 0 Å². The van der Waals surface area contributed by atoms with Crippen LogP contribution in [0.25, 0.3) is 0 Å². The first-order chi connectivity index (χ1) is 11.1. The third-order valence-corrected chi connectivity index (χ3v) is 3.53. The number of nitro groups is 1. The monoisotopic (exact) mass is 313 g/mol. The number of ether oxygens (including phenoxy) is 2. The molecule has 0 aromatic heterocycles. The quantitative estimate of drug-likeness (QED) is 0.354.